The van der Waals surface area contributed by atoms with Crippen LogP contribution in [0.1, 0.15) is 31.7 Å². The summed E-state index contributed by atoms with van der Waals surface area (Å²) in [6.07, 6.45) is -0.651. The maximum absolute atomic E-state index is 13.5. The predicted molar refractivity (Wildman–Crippen MR) is 94.0 cm³/mol. The van der Waals surface area contributed by atoms with E-state index in [1.807, 2.05) is 26.0 Å². The van der Waals surface area contributed by atoms with Crippen LogP contribution in [0.2, 0.25) is 0 Å². The first-order valence-electron chi connectivity index (χ1n) is 7.40. The highest BCUT2D eigenvalue weighted by atomic mass is 79.9. The van der Waals surface area contributed by atoms with Crippen molar-refractivity contribution in [2.45, 2.75) is 26.2 Å². The van der Waals surface area contributed by atoms with E-state index >= 15 is 0 Å². The van der Waals surface area contributed by atoms with Crippen LogP contribution in [0.5, 0.6) is 0 Å². The van der Waals surface area contributed by atoms with Gasteiger partial charge in [0.25, 0.3) is 0 Å². The number of hydrogen-bond acceptors (Lipinski definition) is 2. The standard InChI is InChI=1S/C18H17BrFNO3/c1-11(2)13-5-3-4-6-16(13)21(17(22)10-18(23)24)12-7-8-15(20)14(19)9-12/h3-9,11H,10H2,1-2H3,(H,23,24). The average molecular weight is 394 g/mol. The Bertz CT molecular complexity index is 777. The van der Waals surface area contributed by atoms with Gasteiger partial charge in [0.15, 0.2) is 0 Å². The molecule has 0 aliphatic heterocycles. The summed E-state index contributed by atoms with van der Waals surface area (Å²) in [5.41, 5.74) is 1.90. The summed E-state index contributed by atoms with van der Waals surface area (Å²) in [4.78, 5) is 24.9. The molecule has 1 amide bonds. The van der Waals surface area contributed by atoms with Crippen LogP contribution in [-0.4, -0.2) is 17.0 Å². The number of aliphatic carboxylic acids is 1. The molecular weight excluding hydrogens is 377 g/mol. The molecule has 0 saturated carbocycles. The van der Waals surface area contributed by atoms with Gasteiger partial charge in [0.05, 0.1) is 15.8 Å². The molecule has 0 bridgehead atoms. The van der Waals surface area contributed by atoms with Crippen molar-refractivity contribution in [1.82, 2.24) is 0 Å². The van der Waals surface area contributed by atoms with Crippen molar-refractivity contribution in [2.24, 2.45) is 0 Å². The monoisotopic (exact) mass is 393 g/mol. The lowest BCUT2D eigenvalue weighted by molar-refractivity contribution is -0.139. The molecule has 0 aromatic heterocycles. The molecule has 126 valence electrons. The van der Waals surface area contributed by atoms with Crippen LogP contribution in [0.15, 0.2) is 46.9 Å². The van der Waals surface area contributed by atoms with Gasteiger partial charge in [-0.2, -0.15) is 0 Å². The Hall–Kier alpha value is -2.21. The quantitative estimate of drug-likeness (QED) is 0.738. The maximum Gasteiger partial charge on any atom is 0.312 e. The molecule has 0 aliphatic carbocycles. The zero-order valence-corrected chi connectivity index (χ0v) is 14.9. The number of amides is 1. The van der Waals surface area contributed by atoms with Gasteiger partial charge in [0, 0.05) is 0 Å². The number of rotatable bonds is 5. The van der Waals surface area contributed by atoms with Crippen molar-refractivity contribution in [1.29, 1.82) is 0 Å². The summed E-state index contributed by atoms with van der Waals surface area (Å²) >= 11 is 3.11. The first-order chi connectivity index (χ1) is 11.3. The minimum atomic E-state index is -1.21. The van der Waals surface area contributed by atoms with Crippen molar-refractivity contribution in [3.63, 3.8) is 0 Å². The number of carboxylic acids is 1. The average Bonchev–Trinajstić information content (AvgIpc) is 2.50. The van der Waals surface area contributed by atoms with Gasteiger partial charge >= 0.3 is 5.97 Å². The van der Waals surface area contributed by atoms with E-state index in [-0.39, 0.29) is 10.4 Å². The summed E-state index contributed by atoms with van der Waals surface area (Å²) in [5.74, 6) is -2.13. The number of carbonyl (C=O) groups excluding carboxylic acids is 1. The molecule has 4 nitrogen and oxygen atoms in total. The van der Waals surface area contributed by atoms with Crippen molar-refractivity contribution in [3.05, 3.63) is 58.3 Å². The van der Waals surface area contributed by atoms with E-state index in [0.717, 1.165) is 5.56 Å². The zero-order chi connectivity index (χ0) is 17.9. The van der Waals surface area contributed by atoms with Crippen LogP contribution < -0.4 is 4.90 Å². The lowest BCUT2D eigenvalue weighted by atomic mass is 10.00. The van der Waals surface area contributed by atoms with E-state index in [0.29, 0.717) is 11.4 Å². The molecule has 2 rings (SSSR count). The molecular formula is C18H17BrFNO3. The third-order valence-electron chi connectivity index (χ3n) is 3.51. The molecule has 0 heterocycles. The van der Waals surface area contributed by atoms with Crippen LogP contribution in [-0.2, 0) is 9.59 Å². The Morgan fingerprint density at radius 2 is 1.88 bits per heavy atom. The number of benzene rings is 2. The van der Waals surface area contributed by atoms with E-state index in [2.05, 4.69) is 15.9 Å². The lowest BCUT2D eigenvalue weighted by Crippen LogP contribution is -2.29. The molecule has 0 spiro atoms. The molecule has 24 heavy (non-hydrogen) atoms. The molecule has 0 unspecified atom stereocenters. The van der Waals surface area contributed by atoms with E-state index < -0.39 is 24.1 Å². The molecule has 0 saturated heterocycles. The molecule has 2 aromatic carbocycles. The van der Waals surface area contributed by atoms with Gasteiger partial charge in [0.1, 0.15) is 12.2 Å². The predicted octanol–water partition coefficient (Wildman–Crippen LogP) is 4.85. The highest BCUT2D eigenvalue weighted by molar-refractivity contribution is 9.10. The number of carbonyl (C=O) groups is 2. The maximum atomic E-state index is 13.5. The van der Waals surface area contributed by atoms with Crippen LogP contribution in [0.3, 0.4) is 0 Å². The van der Waals surface area contributed by atoms with Crippen LogP contribution in [0.4, 0.5) is 15.8 Å². The van der Waals surface area contributed by atoms with Crippen molar-refractivity contribution < 1.29 is 19.1 Å². The fraction of sp³-hybridized carbons (Fsp3) is 0.222. The van der Waals surface area contributed by atoms with E-state index in [4.69, 9.17) is 5.11 Å². The van der Waals surface area contributed by atoms with Crippen molar-refractivity contribution in [2.75, 3.05) is 4.90 Å². The summed E-state index contributed by atoms with van der Waals surface area (Å²) in [5, 5.41) is 8.99. The Labute approximate surface area is 148 Å². The first kappa shape index (κ1) is 18.1. The van der Waals surface area contributed by atoms with Gasteiger partial charge in [-0.15, -0.1) is 0 Å². The fourth-order valence-corrected chi connectivity index (χ4v) is 2.80. The van der Waals surface area contributed by atoms with Gasteiger partial charge in [-0.3, -0.25) is 14.5 Å². The molecule has 6 heteroatoms. The number of hydrogen-bond donors (Lipinski definition) is 1. The van der Waals surface area contributed by atoms with Gasteiger partial charge < -0.3 is 5.11 Å². The minimum absolute atomic E-state index is 0.130. The zero-order valence-electron chi connectivity index (χ0n) is 13.3. The minimum Gasteiger partial charge on any atom is -0.481 e. The molecule has 0 radical (unpaired) electrons. The number of nitrogens with zero attached hydrogens (tertiary/aromatic N) is 1. The largest absolute Gasteiger partial charge is 0.481 e. The highest BCUT2D eigenvalue weighted by Crippen LogP contribution is 2.35. The van der Waals surface area contributed by atoms with Crippen molar-refractivity contribution >= 4 is 39.2 Å². The number of halogens is 2. The van der Waals surface area contributed by atoms with Crippen LogP contribution >= 0.6 is 15.9 Å². The number of anilines is 2. The summed E-state index contributed by atoms with van der Waals surface area (Å²) < 4.78 is 13.7. The smallest absolute Gasteiger partial charge is 0.312 e. The normalized spacial score (nSPS) is 10.7. The van der Waals surface area contributed by atoms with Crippen LogP contribution in [0, 0.1) is 5.82 Å². The Morgan fingerprint density at radius 3 is 2.46 bits per heavy atom. The Morgan fingerprint density at radius 1 is 1.21 bits per heavy atom. The van der Waals surface area contributed by atoms with Gasteiger partial charge in [-0.1, -0.05) is 32.0 Å². The second-order valence-electron chi connectivity index (χ2n) is 5.61. The number of para-hydroxylation sites is 1. The van der Waals surface area contributed by atoms with Gasteiger partial charge in [-0.05, 0) is 51.7 Å². The lowest BCUT2D eigenvalue weighted by Gasteiger charge is -2.26. The molecule has 2 aromatic rings. The van der Waals surface area contributed by atoms with Crippen LogP contribution in [0.25, 0.3) is 0 Å². The third-order valence-corrected chi connectivity index (χ3v) is 4.12. The second-order valence-corrected chi connectivity index (χ2v) is 6.47. The molecule has 0 aliphatic rings. The topological polar surface area (TPSA) is 57.6 Å². The summed E-state index contributed by atoms with van der Waals surface area (Å²) in [7, 11) is 0. The molecule has 0 atom stereocenters. The molecule has 0 fully saturated rings. The second kappa shape index (κ2) is 7.57. The fourth-order valence-electron chi connectivity index (χ4n) is 2.43. The number of carboxylic acid groups (broad SMARTS) is 1. The first-order valence-corrected chi connectivity index (χ1v) is 8.19. The molecule has 1 N–H and O–H groups in total. The van der Waals surface area contributed by atoms with E-state index in [1.54, 1.807) is 12.1 Å². The SMILES string of the molecule is CC(C)c1ccccc1N(C(=O)CC(=O)O)c1ccc(F)c(Br)c1. The Kier molecular flexibility index (Phi) is 5.72. The summed E-state index contributed by atoms with van der Waals surface area (Å²) in [6.45, 7) is 3.97. The highest BCUT2D eigenvalue weighted by Gasteiger charge is 2.24. The summed E-state index contributed by atoms with van der Waals surface area (Å²) in [6, 6.07) is 11.4. The van der Waals surface area contributed by atoms with E-state index in [9.17, 15) is 14.0 Å². The third kappa shape index (κ3) is 4.00. The van der Waals surface area contributed by atoms with Gasteiger partial charge in [0.2, 0.25) is 5.91 Å². The van der Waals surface area contributed by atoms with E-state index in [1.165, 1.54) is 23.1 Å². The Balaban J connectivity index is 2.61. The van der Waals surface area contributed by atoms with Crippen molar-refractivity contribution in [3.8, 4) is 0 Å². The van der Waals surface area contributed by atoms with Gasteiger partial charge in [-0.25, -0.2) is 4.39 Å².